The van der Waals surface area contributed by atoms with E-state index < -0.39 is 0 Å². The summed E-state index contributed by atoms with van der Waals surface area (Å²) in [7, 11) is 0. The molecule has 1 amide bonds. The van der Waals surface area contributed by atoms with Gasteiger partial charge in [0.15, 0.2) is 5.76 Å². The van der Waals surface area contributed by atoms with Gasteiger partial charge < -0.3 is 19.8 Å². The normalized spacial score (nSPS) is 15.1. The Bertz CT molecular complexity index is 897. The molecule has 26 heavy (non-hydrogen) atoms. The summed E-state index contributed by atoms with van der Waals surface area (Å²) in [6, 6.07) is 17.8. The van der Waals surface area contributed by atoms with Crippen LogP contribution in [-0.2, 0) is 6.61 Å². The van der Waals surface area contributed by atoms with Crippen LogP contribution < -0.4 is 15.4 Å². The molecule has 1 saturated heterocycles. The van der Waals surface area contributed by atoms with Crippen LogP contribution in [0.2, 0.25) is 0 Å². The highest BCUT2D eigenvalue weighted by molar-refractivity contribution is 5.91. The van der Waals surface area contributed by atoms with Crippen molar-refractivity contribution < 1.29 is 13.9 Å². The van der Waals surface area contributed by atoms with Crippen molar-refractivity contribution in [2.75, 3.05) is 13.1 Å². The molecular formula is C21H22N2O3. The Balaban J connectivity index is 1.35. The van der Waals surface area contributed by atoms with Gasteiger partial charge in [0.1, 0.15) is 18.1 Å². The molecule has 1 aliphatic heterocycles. The number of hydrogen-bond acceptors (Lipinski definition) is 4. The minimum absolute atomic E-state index is 0.158. The summed E-state index contributed by atoms with van der Waals surface area (Å²) in [5.74, 6) is 1.59. The molecule has 3 aromatic rings. The summed E-state index contributed by atoms with van der Waals surface area (Å²) in [5, 5.41) is 8.62. The third kappa shape index (κ3) is 3.89. The highest BCUT2D eigenvalue weighted by atomic mass is 16.5. The second-order valence-corrected chi connectivity index (χ2v) is 6.56. The van der Waals surface area contributed by atoms with Crippen LogP contribution in [0.25, 0.3) is 10.8 Å². The van der Waals surface area contributed by atoms with Gasteiger partial charge in [0, 0.05) is 6.04 Å². The fraction of sp³-hybridized carbons (Fsp3) is 0.286. The predicted octanol–water partition coefficient (Wildman–Crippen LogP) is 3.49. The monoisotopic (exact) mass is 350 g/mol. The summed E-state index contributed by atoms with van der Waals surface area (Å²) in [5.41, 5.74) is 0. The first-order chi connectivity index (χ1) is 12.8. The second-order valence-electron chi connectivity index (χ2n) is 6.56. The molecule has 0 atom stereocenters. The number of benzene rings is 2. The van der Waals surface area contributed by atoms with E-state index in [4.69, 9.17) is 9.15 Å². The molecule has 1 aromatic heterocycles. The summed E-state index contributed by atoms with van der Waals surface area (Å²) >= 11 is 0. The van der Waals surface area contributed by atoms with Crippen LogP contribution in [0, 0.1) is 0 Å². The fourth-order valence-corrected chi connectivity index (χ4v) is 3.21. The topological polar surface area (TPSA) is 63.5 Å². The Hall–Kier alpha value is -2.79. The number of amides is 1. The Morgan fingerprint density at radius 2 is 1.88 bits per heavy atom. The van der Waals surface area contributed by atoms with Gasteiger partial charge in [-0.3, -0.25) is 4.79 Å². The van der Waals surface area contributed by atoms with E-state index in [0.29, 0.717) is 18.1 Å². The van der Waals surface area contributed by atoms with Crippen molar-refractivity contribution in [1.29, 1.82) is 0 Å². The van der Waals surface area contributed by atoms with Gasteiger partial charge in [-0.15, -0.1) is 0 Å². The van der Waals surface area contributed by atoms with Crippen LogP contribution >= 0.6 is 0 Å². The van der Waals surface area contributed by atoms with Gasteiger partial charge in [-0.05, 0) is 61.0 Å². The average Bonchev–Trinajstić information content (AvgIpc) is 3.16. The molecule has 0 spiro atoms. The smallest absolute Gasteiger partial charge is 0.287 e. The van der Waals surface area contributed by atoms with Crippen LogP contribution in [0.4, 0.5) is 0 Å². The molecule has 2 aromatic carbocycles. The molecule has 2 heterocycles. The number of fused-ring (bicyclic) bond motifs is 1. The van der Waals surface area contributed by atoms with E-state index in [2.05, 4.69) is 22.8 Å². The molecular weight excluding hydrogens is 328 g/mol. The number of rotatable bonds is 5. The quantitative estimate of drug-likeness (QED) is 0.739. The minimum atomic E-state index is -0.158. The number of hydrogen-bond donors (Lipinski definition) is 2. The van der Waals surface area contributed by atoms with Gasteiger partial charge in [0.25, 0.3) is 5.91 Å². The third-order valence-corrected chi connectivity index (χ3v) is 4.66. The number of carbonyl (C=O) groups is 1. The van der Waals surface area contributed by atoms with Crippen molar-refractivity contribution in [3.63, 3.8) is 0 Å². The van der Waals surface area contributed by atoms with Crippen LogP contribution in [-0.4, -0.2) is 25.0 Å². The summed E-state index contributed by atoms with van der Waals surface area (Å²) in [6.45, 7) is 2.17. The number of furan rings is 1. The number of carbonyl (C=O) groups excluding carboxylic acids is 1. The van der Waals surface area contributed by atoms with Crippen molar-refractivity contribution in [3.05, 3.63) is 66.1 Å². The first-order valence-electron chi connectivity index (χ1n) is 9.00. The Morgan fingerprint density at radius 1 is 1.08 bits per heavy atom. The average molecular weight is 350 g/mol. The lowest BCUT2D eigenvalue weighted by atomic mass is 10.1. The van der Waals surface area contributed by atoms with Crippen molar-refractivity contribution in [3.8, 4) is 5.75 Å². The lowest BCUT2D eigenvalue weighted by molar-refractivity contribution is 0.0897. The van der Waals surface area contributed by atoms with Crippen LogP contribution in [0.5, 0.6) is 5.75 Å². The number of piperidine rings is 1. The SMILES string of the molecule is O=C(NC1CCNCC1)c1ccc(COc2ccc3ccccc3c2)o1. The predicted molar refractivity (Wildman–Crippen MR) is 100 cm³/mol. The fourth-order valence-electron chi connectivity index (χ4n) is 3.21. The zero-order chi connectivity index (χ0) is 17.8. The lowest BCUT2D eigenvalue weighted by Crippen LogP contribution is -2.42. The van der Waals surface area contributed by atoms with Gasteiger partial charge in [0.2, 0.25) is 0 Å². The van der Waals surface area contributed by atoms with Crippen molar-refractivity contribution in [2.45, 2.75) is 25.5 Å². The first-order valence-corrected chi connectivity index (χ1v) is 9.00. The van der Waals surface area contributed by atoms with Gasteiger partial charge >= 0.3 is 0 Å². The third-order valence-electron chi connectivity index (χ3n) is 4.66. The van der Waals surface area contributed by atoms with Crippen LogP contribution in [0.15, 0.2) is 59.0 Å². The van der Waals surface area contributed by atoms with E-state index in [9.17, 15) is 4.79 Å². The van der Waals surface area contributed by atoms with Gasteiger partial charge in [-0.25, -0.2) is 0 Å². The van der Waals surface area contributed by atoms with Gasteiger partial charge in [-0.2, -0.15) is 0 Å². The highest BCUT2D eigenvalue weighted by Gasteiger charge is 2.18. The van der Waals surface area contributed by atoms with Gasteiger partial charge in [-0.1, -0.05) is 30.3 Å². The molecule has 0 unspecified atom stereocenters. The van der Waals surface area contributed by atoms with Crippen molar-refractivity contribution in [1.82, 2.24) is 10.6 Å². The minimum Gasteiger partial charge on any atom is -0.486 e. The molecule has 134 valence electrons. The maximum absolute atomic E-state index is 12.3. The zero-order valence-electron chi connectivity index (χ0n) is 14.5. The first kappa shape index (κ1) is 16.7. The standard InChI is InChI=1S/C21H22N2O3/c24-21(23-17-9-11-22-12-10-17)20-8-7-19(26-20)14-25-18-6-5-15-3-1-2-4-16(15)13-18/h1-8,13,17,22H,9-12,14H2,(H,23,24). The molecule has 0 aliphatic carbocycles. The summed E-state index contributed by atoms with van der Waals surface area (Å²) < 4.78 is 11.5. The molecule has 1 fully saturated rings. The number of nitrogens with one attached hydrogen (secondary N) is 2. The van der Waals surface area contributed by atoms with Crippen molar-refractivity contribution in [2.24, 2.45) is 0 Å². The number of ether oxygens (including phenoxy) is 1. The van der Waals surface area contributed by atoms with E-state index in [0.717, 1.165) is 37.1 Å². The highest BCUT2D eigenvalue weighted by Crippen LogP contribution is 2.21. The maximum Gasteiger partial charge on any atom is 0.287 e. The largest absolute Gasteiger partial charge is 0.486 e. The molecule has 0 radical (unpaired) electrons. The molecule has 4 rings (SSSR count). The Labute approximate surface area is 152 Å². The molecule has 0 saturated carbocycles. The van der Waals surface area contributed by atoms with Crippen LogP contribution in [0.1, 0.15) is 29.2 Å². The molecule has 5 nitrogen and oxygen atoms in total. The maximum atomic E-state index is 12.3. The molecule has 2 N–H and O–H groups in total. The van der Waals surface area contributed by atoms with E-state index in [-0.39, 0.29) is 11.9 Å². The van der Waals surface area contributed by atoms with Crippen LogP contribution in [0.3, 0.4) is 0 Å². The summed E-state index contributed by atoms with van der Waals surface area (Å²) in [4.78, 5) is 12.3. The van der Waals surface area contributed by atoms with E-state index in [1.54, 1.807) is 12.1 Å². The lowest BCUT2D eigenvalue weighted by Gasteiger charge is -2.23. The Kier molecular flexibility index (Phi) is 4.88. The van der Waals surface area contributed by atoms with E-state index in [1.807, 2.05) is 30.3 Å². The zero-order valence-corrected chi connectivity index (χ0v) is 14.5. The molecule has 1 aliphatic rings. The Morgan fingerprint density at radius 3 is 2.73 bits per heavy atom. The van der Waals surface area contributed by atoms with E-state index in [1.165, 1.54) is 5.39 Å². The molecule has 5 heteroatoms. The van der Waals surface area contributed by atoms with Crippen molar-refractivity contribution >= 4 is 16.7 Å². The summed E-state index contributed by atoms with van der Waals surface area (Å²) in [6.07, 6.45) is 1.90. The van der Waals surface area contributed by atoms with E-state index >= 15 is 0 Å². The van der Waals surface area contributed by atoms with Gasteiger partial charge in [0.05, 0.1) is 0 Å². The second kappa shape index (κ2) is 7.62. The molecule has 0 bridgehead atoms.